The molecule has 0 bridgehead atoms. The second kappa shape index (κ2) is 23.2. The van der Waals surface area contributed by atoms with Gasteiger partial charge >= 0.3 is 0 Å². The number of hydrogen-bond acceptors (Lipinski definition) is 11. The number of nitrogens with one attached hydrogen (secondary N) is 2. The van der Waals surface area contributed by atoms with E-state index in [9.17, 15) is 26.4 Å². The van der Waals surface area contributed by atoms with Crippen LogP contribution in [0.15, 0.2) is 94.7 Å². The number of benzene rings is 4. The van der Waals surface area contributed by atoms with Gasteiger partial charge in [-0.25, -0.2) is 26.8 Å². The van der Waals surface area contributed by atoms with E-state index in [0.29, 0.717) is 34.6 Å². The summed E-state index contributed by atoms with van der Waals surface area (Å²) in [6.45, 7) is 18.1. The second-order valence-corrected chi connectivity index (χ2v) is 26.0. The van der Waals surface area contributed by atoms with Gasteiger partial charge in [0.1, 0.15) is 11.6 Å². The standard InChI is InChI=1S/C28H39N5O4S.C26H33BrN4O4S/c1-28(2,3)27-30-24-17-22(9-12-25(24)33(27)18-20-13-15-37-16-14-20)32(6)38(35,36)23-10-7-21(8-11-23)29-26(34)19-31(4)5;1-26(2,3)25-29-22-15-20(7-10-23(22)31(25)17-18-11-13-35-14-12-18)30(4)36(33,34)21-8-5-19(6-9-21)28-24(32)16-27/h7-12,17,20H,13-16,18-19H2,1-6H3,(H,29,34);5-10,15,18H,11-14,16-17H2,1-4H3,(H,28,32). The van der Waals surface area contributed by atoms with Crippen molar-refractivity contribution < 1.29 is 35.9 Å². The molecule has 4 aromatic carbocycles. The Hall–Kier alpha value is -5.38. The zero-order valence-electron chi connectivity index (χ0n) is 44.3. The highest BCUT2D eigenvalue weighted by Crippen LogP contribution is 2.35. The van der Waals surface area contributed by atoms with E-state index in [1.54, 1.807) is 43.3 Å². The van der Waals surface area contributed by atoms with Gasteiger partial charge in [-0.05, 0) is 137 Å². The van der Waals surface area contributed by atoms with Crippen molar-refractivity contribution in [2.45, 2.75) is 101 Å². The summed E-state index contributed by atoms with van der Waals surface area (Å²) < 4.78 is 71.8. The van der Waals surface area contributed by atoms with Gasteiger partial charge in [0.05, 0.1) is 55.1 Å². The number of imidazole rings is 2. The molecular formula is C54H72BrN9O8S2. The molecule has 8 rings (SSSR count). The Morgan fingerprint density at radius 2 is 0.959 bits per heavy atom. The Labute approximate surface area is 445 Å². The lowest BCUT2D eigenvalue weighted by Crippen LogP contribution is -2.27. The van der Waals surface area contributed by atoms with Crippen molar-refractivity contribution in [3.63, 3.8) is 0 Å². The maximum atomic E-state index is 13.4. The predicted molar refractivity (Wildman–Crippen MR) is 298 cm³/mol. The summed E-state index contributed by atoms with van der Waals surface area (Å²) in [4.78, 5) is 35.6. The lowest BCUT2D eigenvalue weighted by Gasteiger charge is -2.26. The number of nitrogens with zero attached hydrogens (tertiary/aromatic N) is 7. The van der Waals surface area contributed by atoms with Gasteiger partial charge in [-0.15, -0.1) is 0 Å². The zero-order valence-corrected chi connectivity index (χ0v) is 47.5. The molecule has 2 fully saturated rings. The van der Waals surface area contributed by atoms with Crippen LogP contribution in [-0.4, -0.2) is 119 Å². The molecule has 2 saturated heterocycles. The molecule has 0 unspecified atom stereocenters. The van der Waals surface area contributed by atoms with Crippen molar-refractivity contribution in [3.8, 4) is 0 Å². The fourth-order valence-electron chi connectivity index (χ4n) is 9.21. The summed E-state index contributed by atoms with van der Waals surface area (Å²) in [5.41, 5.74) is 5.41. The molecule has 0 radical (unpaired) electrons. The van der Waals surface area contributed by atoms with E-state index in [2.05, 4.69) is 77.2 Å². The maximum Gasteiger partial charge on any atom is 0.264 e. The topological polar surface area (TPSA) is 190 Å². The monoisotopic (exact) mass is 1120 g/mol. The van der Waals surface area contributed by atoms with Crippen molar-refractivity contribution in [2.24, 2.45) is 11.8 Å². The summed E-state index contributed by atoms with van der Waals surface area (Å²) in [6.07, 6.45) is 4.11. The minimum atomic E-state index is -3.82. The molecule has 74 heavy (non-hydrogen) atoms. The van der Waals surface area contributed by atoms with E-state index in [1.165, 1.54) is 32.9 Å². The van der Waals surface area contributed by atoms with Crippen LogP contribution in [0.3, 0.4) is 0 Å². The number of fused-ring (bicyclic) bond motifs is 2. The number of hydrogen-bond donors (Lipinski definition) is 2. The van der Waals surface area contributed by atoms with Crippen LogP contribution in [0.4, 0.5) is 22.7 Å². The molecule has 4 heterocycles. The summed E-state index contributed by atoms with van der Waals surface area (Å²) in [6, 6.07) is 23.7. The lowest BCUT2D eigenvalue weighted by atomic mass is 9.94. The molecule has 6 aromatic rings. The Balaban J connectivity index is 0.000000217. The highest BCUT2D eigenvalue weighted by atomic mass is 79.9. The number of anilines is 4. The van der Waals surface area contributed by atoms with Gasteiger partial charge in [-0.2, -0.15) is 0 Å². The van der Waals surface area contributed by atoms with Crippen molar-refractivity contribution >= 4 is 92.6 Å². The van der Waals surface area contributed by atoms with E-state index < -0.39 is 20.0 Å². The summed E-state index contributed by atoms with van der Waals surface area (Å²) in [5, 5.41) is 5.63. The van der Waals surface area contributed by atoms with Crippen LogP contribution in [0.5, 0.6) is 0 Å². The molecule has 20 heteroatoms. The Bertz CT molecular complexity index is 3150. The molecule has 17 nitrogen and oxygen atoms in total. The summed E-state index contributed by atoms with van der Waals surface area (Å²) in [7, 11) is -0.910. The van der Waals surface area contributed by atoms with Crippen LogP contribution in [0.25, 0.3) is 22.1 Å². The van der Waals surface area contributed by atoms with Crippen molar-refractivity contribution in [2.75, 3.05) is 85.7 Å². The van der Waals surface area contributed by atoms with Gasteiger partial charge in [0.2, 0.25) is 11.8 Å². The predicted octanol–water partition coefficient (Wildman–Crippen LogP) is 9.00. The Kier molecular flexibility index (Phi) is 17.7. The number of rotatable bonds is 15. The average molecular weight is 1120 g/mol. The third-order valence-corrected chi connectivity index (χ3v) is 17.4. The third kappa shape index (κ3) is 13.3. The first-order valence-corrected chi connectivity index (χ1v) is 29.0. The molecule has 2 N–H and O–H groups in total. The Morgan fingerprint density at radius 3 is 1.30 bits per heavy atom. The van der Waals surface area contributed by atoms with E-state index in [0.717, 1.165) is 98.9 Å². The molecule has 0 atom stereocenters. The number of carbonyl (C=O) groups is 2. The van der Waals surface area contributed by atoms with Gasteiger partial charge in [0, 0.05) is 75.8 Å². The largest absolute Gasteiger partial charge is 0.381 e. The number of aromatic nitrogens is 4. The molecular weight excluding hydrogens is 1050 g/mol. The van der Waals surface area contributed by atoms with Crippen LogP contribution in [0.1, 0.15) is 78.9 Å². The van der Waals surface area contributed by atoms with E-state index in [-0.39, 0.29) is 44.3 Å². The highest BCUT2D eigenvalue weighted by Gasteiger charge is 2.30. The quantitative estimate of drug-likeness (QED) is 0.0934. The molecule has 2 aliphatic heterocycles. The minimum absolute atomic E-state index is 0.141. The lowest BCUT2D eigenvalue weighted by molar-refractivity contribution is -0.117. The van der Waals surface area contributed by atoms with Crippen molar-refractivity contribution in [1.29, 1.82) is 0 Å². The number of carbonyl (C=O) groups excluding carboxylic acids is 2. The normalized spacial score (nSPS) is 15.2. The molecule has 0 saturated carbocycles. The van der Waals surface area contributed by atoms with Crippen LogP contribution in [-0.2, 0) is 63.0 Å². The van der Waals surface area contributed by atoms with E-state index in [1.807, 2.05) is 50.5 Å². The van der Waals surface area contributed by atoms with Crippen molar-refractivity contribution in [1.82, 2.24) is 24.0 Å². The van der Waals surface area contributed by atoms with Gasteiger partial charge < -0.3 is 34.1 Å². The smallest absolute Gasteiger partial charge is 0.264 e. The minimum Gasteiger partial charge on any atom is -0.381 e. The maximum absolute atomic E-state index is 13.4. The molecule has 0 spiro atoms. The zero-order chi connectivity index (χ0) is 53.8. The molecule has 2 amide bonds. The number of likely N-dealkylation sites (N-methyl/N-ethyl adjacent to an activating group) is 1. The van der Waals surface area contributed by atoms with Crippen LogP contribution < -0.4 is 19.2 Å². The second-order valence-electron chi connectivity index (χ2n) is 21.5. The van der Waals surface area contributed by atoms with Crippen molar-refractivity contribution in [3.05, 3.63) is 96.6 Å². The highest BCUT2D eigenvalue weighted by molar-refractivity contribution is 9.09. The first kappa shape index (κ1) is 56.3. The SMILES string of the molecule is CN(C)CC(=O)Nc1ccc(S(=O)(=O)N(C)c2ccc3c(c2)nc(C(C)(C)C)n3CC2CCOCC2)cc1.CN(c1ccc2c(c1)nc(C(C)(C)C)n2CC1CCOCC1)S(=O)(=O)c1ccc(NC(=O)CBr)cc1. The first-order chi connectivity index (χ1) is 34.9. The van der Waals surface area contributed by atoms with E-state index in [4.69, 9.17) is 19.4 Å². The number of amides is 2. The molecule has 400 valence electrons. The summed E-state index contributed by atoms with van der Waals surface area (Å²) in [5.74, 6) is 2.67. The van der Waals surface area contributed by atoms with Crippen LogP contribution in [0.2, 0.25) is 0 Å². The number of sulfonamides is 2. The molecule has 0 aliphatic carbocycles. The van der Waals surface area contributed by atoms with Gasteiger partial charge in [0.25, 0.3) is 20.0 Å². The number of alkyl halides is 1. The Morgan fingerprint density at radius 1 is 0.595 bits per heavy atom. The fourth-order valence-corrected chi connectivity index (χ4v) is 11.7. The number of halogens is 1. The number of ether oxygens (including phenoxy) is 2. The summed E-state index contributed by atoms with van der Waals surface area (Å²) >= 11 is 3.10. The third-order valence-electron chi connectivity index (χ3n) is 13.3. The molecule has 2 aliphatic rings. The van der Waals surface area contributed by atoms with Crippen LogP contribution in [0, 0.1) is 11.8 Å². The van der Waals surface area contributed by atoms with Crippen LogP contribution >= 0.6 is 15.9 Å². The van der Waals surface area contributed by atoms with Gasteiger partial charge in [-0.3, -0.25) is 18.2 Å². The van der Waals surface area contributed by atoms with E-state index >= 15 is 0 Å². The van der Waals surface area contributed by atoms with Gasteiger partial charge in [-0.1, -0.05) is 57.5 Å². The first-order valence-electron chi connectivity index (χ1n) is 25.0. The average Bonchev–Trinajstić information content (AvgIpc) is 3.92. The fraction of sp³-hybridized carbons (Fsp3) is 0.481. The molecule has 2 aromatic heterocycles. The van der Waals surface area contributed by atoms with Gasteiger partial charge in [0.15, 0.2) is 0 Å².